The van der Waals surface area contributed by atoms with Gasteiger partial charge in [-0.25, -0.2) is 44.7 Å². The lowest BCUT2D eigenvalue weighted by molar-refractivity contribution is -0.138. The number of para-hydroxylation sites is 2. The molecule has 0 spiro atoms. The van der Waals surface area contributed by atoms with Crippen LogP contribution in [0.3, 0.4) is 0 Å². The highest BCUT2D eigenvalue weighted by Crippen LogP contribution is 2.36. The highest BCUT2D eigenvalue weighted by molar-refractivity contribution is 7.19. The van der Waals surface area contributed by atoms with E-state index in [1.54, 1.807) is 34.0 Å². The summed E-state index contributed by atoms with van der Waals surface area (Å²) < 4.78 is 5.88. The van der Waals surface area contributed by atoms with Crippen LogP contribution in [0.5, 0.6) is 0 Å². The van der Waals surface area contributed by atoms with Crippen molar-refractivity contribution < 1.29 is 14.3 Å². The third-order valence-electron chi connectivity index (χ3n) is 12.4. The molecule has 0 radical (unpaired) electrons. The molecule has 15 nitrogen and oxygen atoms in total. The van der Waals surface area contributed by atoms with E-state index in [4.69, 9.17) is 4.42 Å². The molecule has 0 saturated carbocycles. The van der Waals surface area contributed by atoms with Crippen molar-refractivity contribution in [3.05, 3.63) is 110 Å². The molecule has 0 saturated heterocycles. The van der Waals surface area contributed by atoms with E-state index in [9.17, 15) is 9.90 Å². The lowest BCUT2D eigenvalue weighted by Crippen LogP contribution is -2.34. The van der Waals surface area contributed by atoms with Gasteiger partial charge in [-0.1, -0.05) is 77.8 Å². The number of nitrogens with zero attached hydrogens (tertiary/aromatic N) is 8. The quantitative estimate of drug-likeness (QED) is 0.0607. The summed E-state index contributed by atoms with van der Waals surface area (Å²) in [4.78, 5) is 54.2. The van der Waals surface area contributed by atoms with Gasteiger partial charge in [-0.3, -0.25) is 0 Å². The van der Waals surface area contributed by atoms with E-state index in [2.05, 4.69) is 103 Å². The third kappa shape index (κ3) is 13.7. The fourth-order valence-electron chi connectivity index (χ4n) is 8.19. The molecule has 75 heavy (non-hydrogen) atoms. The largest absolute Gasteiger partial charge is 0.480 e. The van der Waals surface area contributed by atoms with Gasteiger partial charge in [0.1, 0.15) is 72.4 Å². The van der Waals surface area contributed by atoms with Crippen LogP contribution in [0.15, 0.2) is 65.1 Å². The predicted molar refractivity (Wildman–Crippen MR) is 315 cm³/mol. The Morgan fingerprint density at radius 3 is 1.77 bits per heavy atom. The fourth-order valence-corrected chi connectivity index (χ4v) is 11.2. The topological polar surface area (TPSA) is 202 Å². The number of anilines is 5. The number of unbranched alkanes of at least 4 members (excludes halogenated alkanes) is 2. The number of nitrogens with one attached hydrogen (secondary N) is 4. The number of carboxylic acid groups (broad SMARTS) is 1. The van der Waals surface area contributed by atoms with Crippen molar-refractivity contribution in [2.45, 2.75) is 128 Å². The number of benzene rings is 2. The SMILES string of the molecule is CCCCNc1nc(C)nc2c1oc1ccccc12.CCCCNc1nc(C)nc2sc(C)c(C)c12.CCc1nc(NC(C(=O)O)C(C)C)c2cc(C)sc2n1.Cc1nc(Nc2ccccc2)c2c(C)c(C)sc2n1. The molecule has 0 aliphatic carbocycles. The molecule has 1 atom stereocenters. The number of hydrogen-bond donors (Lipinski definition) is 5. The van der Waals surface area contributed by atoms with Crippen LogP contribution in [0, 0.1) is 61.3 Å². The summed E-state index contributed by atoms with van der Waals surface area (Å²) in [6.07, 6.45) is 5.36. The molecule has 8 heterocycles. The molecule has 18 heteroatoms. The molecule has 1 unspecified atom stereocenters. The number of thiophene rings is 3. The maximum atomic E-state index is 11.3. The van der Waals surface area contributed by atoms with Gasteiger partial charge in [0.05, 0.1) is 16.2 Å². The van der Waals surface area contributed by atoms with Gasteiger partial charge in [0.2, 0.25) is 0 Å². The van der Waals surface area contributed by atoms with Crippen molar-refractivity contribution in [1.82, 2.24) is 39.9 Å². The Kier molecular flexibility index (Phi) is 19.0. The molecular formula is C57H70N12O3S3. The molecule has 0 fully saturated rings. The van der Waals surface area contributed by atoms with Gasteiger partial charge in [0, 0.05) is 45.2 Å². The van der Waals surface area contributed by atoms with E-state index < -0.39 is 12.0 Å². The monoisotopic (exact) mass is 1070 g/mol. The minimum Gasteiger partial charge on any atom is -0.480 e. The number of aliphatic carboxylic acids is 1. The summed E-state index contributed by atoms with van der Waals surface area (Å²) in [5, 5.41) is 26.8. The zero-order chi connectivity index (χ0) is 53.9. The summed E-state index contributed by atoms with van der Waals surface area (Å²) in [5.41, 5.74) is 6.12. The van der Waals surface area contributed by atoms with Crippen LogP contribution < -0.4 is 21.3 Å². The number of rotatable bonds is 15. The van der Waals surface area contributed by atoms with E-state index in [1.165, 1.54) is 39.1 Å². The average molecular weight is 1070 g/mol. The highest BCUT2D eigenvalue weighted by Gasteiger charge is 2.24. The molecule has 0 amide bonds. The first-order valence-electron chi connectivity index (χ1n) is 25.7. The van der Waals surface area contributed by atoms with Crippen LogP contribution in [0.1, 0.15) is 109 Å². The lowest BCUT2D eigenvalue weighted by Gasteiger charge is -2.19. The number of aryl methyl sites for hydroxylation is 9. The van der Waals surface area contributed by atoms with Gasteiger partial charge < -0.3 is 30.8 Å². The Morgan fingerprint density at radius 1 is 0.613 bits per heavy atom. The second kappa shape index (κ2) is 25.6. The maximum Gasteiger partial charge on any atom is 0.326 e. The third-order valence-corrected chi connectivity index (χ3v) is 15.5. The molecular weight excluding hydrogens is 997 g/mol. The van der Waals surface area contributed by atoms with E-state index in [0.717, 1.165) is 131 Å². The maximum absolute atomic E-state index is 11.3. The van der Waals surface area contributed by atoms with Gasteiger partial charge in [-0.2, -0.15) is 0 Å². The van der Waals surface area contributed by atoms with Crippen molar-refractivity contribution in [2.75, 3.05) is 34.4 Å². The van der Waals surface area contributed by atoms with Gasteiger partial charge in [-0.15, -0.1) is 34.0 Å². The van der Waals surface area contributed by atoms with E-state index in [-0.39, 0.29) is 5.92 Å². The molecule has 0 aliphatic rings. The molecule has 10 rings (SSSR count). The minimum atomic E-state index is -0.864. The second-order valence-electron chi connectivity index (χ2n) is 18.7. The standard InChI is InChI=1S/C15H17N3O.C15H15N3S.C14H19N3O2S.C13H19N3S/c1-3-4-9-16-15-14-13(17-10(2)18-15)11-7-5-6-8-12(11)19-14;1-9-10(2)19-15-13(9)14(16-11(3)17-15)18-12-7-5-4-6-8-12;1-5-10-15-12(17-11(7(2)3)14(18)19)9-6-8(4)20-13(9)16-10;1-5-6-7-14-12-11-8(2)9(3)17-13(11)16-10(4)15-12/h5-8H,3-4,9H2,1-2H3,(H,16,17,18);4-8H,1-3H3,(H,16,17,18);6-7,11H,5H2,1-4H3,(H,18,19)(H,15,16,17);5-7H2,1-4H3,(H,14,15,16). The number of carbonyl (C=O) groups is 1. The Bertz CT molecular complexity index is 3550. The van der Waals surface area contributed by atoms with Gasteiger partial charge in [-0.05, 0) is 116 Å². The van der Waals surface area contributed by atoms with Crippen molar-refractivity contribution >= 4 is 122 Å². The second-order valence-corrected chi connectivity index (χ2v) is 22.4. The fraction of sp³-hybridized carbons (Fsp3) is 0.386. The first kappa shape index (κ1) is 55.9. The Balaban J connectivity index is 0.000000146. The van der Waals surface area contributed by atoms with Crippen LogP contribution in [0.2, 0.25) is 0 Å². The zero-order valence-electron chi connectivity index (χ0n) is 45.4. The smallest absolute Gasteiger partial charge is 0.326 e. The van der Waals surface area contributed by atoms with Crippen molar-refractivity contribution in [2.24, 2.45) is 5.92 Å². The lowest BCUT2D eigenvalue weighted by atomic mass is 10.0. The van der Waals surface area contributed by atoms with Crippen LogP contribution in [-0.2, 0) is 11.2 Å². The van der Waals surface area contributed by atoms with Crippen molar-refractivity contribution in [3.63, 3.8) is 0 Å². The first-order chi connectivity index (χ1) is 36.0. The van der Waals surface area contributed by atoms with E-state index >= 15 is 0 Å². The minimum absolute atomic E-state index is 0.0256. The molecule has 0 aliphatic heterocycles. The number of hydrogen-bond acceptors (Lipinski definition) is 17. The normalized spacial score (nSPS) is 11.5. The highest BCUT2D eigenvalue weighted by atomic mass is 32.1. The summed E-state index contributed by atoms with van der Waals surface area (Å²) in [6, 6.07) is 19.4. The number of aromatic nitrogens is 8. The van der Waals surface area contributed by atoms with E-state index in [0.29, 0.717) is 5.82 Å². The first-order valence-corrected chi connectivity index (χ1v) is 28.2. The Labute approximate surface area is 451 Å². The summed E-state index contributed by atoms with van der Waals surface area (Å²) in [5.74, 6) is 5.57. The van der Waals surface area contributed by atoms with E-state index in [1.807, 2.05) is 109 Å². The Morgan fingerprint density at radius 2 is 1.17 bits per heavy atom. The Hall–Kier alpha value is -6.89. The molecule has 2 aromatic carbocycles. The number of fused-ring (bicyclic) bond motifs is 6. The van der Waals surface area contributed by atoms with Gasteiger partial charge in [0.25, 0.3) is 0 Å². The molecule has 10 aromatic rings. The average Bonchev–Trinajstić information content (AvgIpc) is 4.11. The number of furan rings is 1. The number of carboxylic acids is 1. The zero-order valence-corrected chi connectivity index (χ0v) is 47.9. The molecule has 394 valence electrons. The van der Waals surface area contributed by atoms with Crippen LogP contribution in [-0.4, -0.2) is 70.1 Å². The molecule has 5 N–H and O–H groups in total. The van der Waals surface area contributed by atoms with Crippen molar-refractivity contribution in [1.29, 1.82) is 0 Å². The van der Waals surface area contributed by atoms with Crippen LogP contribution in [0.4, 0.5) is 29.0 Å². The molecule has 8 aromatic heterocycles. The summed E-state index contributed by atoms with van der Waals surface area (Å²) >= 11 is 5.08. The van der Waals surface area contributed by atoms with Crippen molar-refractivity contribution in [3.8, 4) is 0 Å². The van der Waals surface area contributed by atoms with Crippen LogP contribution in [0.25, 0.3) is 52.7 Å². The summed E-state index contributed by atoms with van der Waals surface area (Å²) in [7, 11) is 0. The summed E-state index contributed by atoms with van der Waals surface area (Å²) in [6.45, 7) is 28.4. The molecule has 0 bridgehead atoms. The van der Waals surface area contributed by atoms with Gasteiger partial charge >= 0.3 is 5.97 Å². The van der Waals surface area contributed by atoms with Gasteiger partial charge in [0.15, 0.2) is 11.4 Å². The van der Waals surface area contributed by atoms with Crippen LogP contribution >= 0.6 is 34.0 Å². The predicted octanol–water partition coefficient (Wildman–Crippen LogP) is 15.2.